The Morgan fingerprint density at radius 1 is 0.733 bits per heavy atom. The lowest BCUT2D eigenvalue weighted by atomic mass is 9.80. The first-order chi connectivity index (χ1) is 7.33. The van der Waals surface area contributed by atoms with E-state index in [1.807, 2.05) is 0 Å². The molecule has 0 unspecified atom stereocenters. The average molecular weight is 310 g/mol. The highest BCUT2D eigenvalue weighted by atomic mass is 127. The van der Waals surface area contributed by atoms with Crippen LogP contribution in [0.15, 0.2) is 0 Å². The summed E-state index contributed by atoms with van der Waals surface area (Å²) in [6, 6.07) is 0. The molecule has 0 aromatic carbocycles. The predicted molar refractivity (Wildman–Crippen MR) is 64.4 cm³/mol. The lowest BCUT2D eigenvalue weighted by Gasteiger charge is -2.34. The van der Waals surface area contributed by atoms with Gasteiger partial charge in [-0.25, -0.2) is 0 Å². The Morgan fingerprint density at radius 2 is 1.40 bits per heavy atom. The summed E-state index contributed by atoms with van der Waals surface area (Å²) in [5.74, 6) is 13.8. The molecule has 15 heavy (non-hydrogen) atoms. The molecule has 8 aliphatic rings. The van der Waals surface area contributed by atoms with Gasteiger partial charge in [0.1, 0.15) is 0 Å². The Kier molecular flexibility index (Phi) is 0.768. The summed E-state index contributed by atoms with van der Waals surface area (Å²) in [7, 11) is 0. The third-order valence-corrected chi connectivity index (χ3v) is 10.9. The second kappa shape index (κ2) is 1.59. The van der Waals surface area contributed by atoms with E-state index in [4.69, 9.17) is 0 Å². The SMILES string of the molecule is I[C@@]12[C@H]3[C@H]4C[C@@H]1[C@@H]1[C@H]4[C@H]4[C@@H]5C[C@@H]([C@H]43)[C@H]2[C@@H]51. The minimum Gasteiger partial charge on any atom is -0.0779 e. The molecule has 8 aliphatic carbocycles. The molecule has 0 N–H and O–H groups in total. The molecule has 78 valence electrons. The maximum atomic E-state index is 3.00. The van der Waals surface area contributed by atoms with Crippen LogP contribution in [0.4, 0.5) is 0 Å². The molecule has 0 nitrogen and oxygen atoms in total. The van der Waals surface area contributed by atoms with E-state index in [0.717, 1.165) is 3.42 Å². The summed E-state index contributed by atoms with van der Waals surface area (Å²) in [6.07, 6.45) is 3.38. The molecule has 8 saturated carbocycles. The summed E-state index contributed by atoms with van der Waals surface area (Å²) in [4.78, 5) is 0. The fourth-order valence-corrected chi connectivity index (χ4v) is 11.9. The third kappa shape index (κ3) is 0.385. The van der Waals surface area contributed by atoms with E-state index in [-0.39, 0.29) is 0 Å². The van der Waals surface area contributed by atoms with Crippen molar-refractivity contribution < 1.29 is 0 Å². The smallest absolute Gasteiger partial charge is 0.0320 e. The van der Waals surface area contributed by atoms with Gasteiger partial charge in [-0.2, -0.15) is 0 Å². The van der Waals surface area contributed by atoms with Crippen molar-refractivity contribution in [3.05, 3.63) is 0 Å². The molecule has 0 aromatic heterocycles. The summed E-state index contributed by atoms with van der Waals surface area (Å²) in [5.41, 5.74) is 0. The molecule has 12 atom stereocenters. The van der Waals surface area contributed by atoms with Gasteiger partial charge in [0.15, 0.2) is 0 Å². The van der Waals surface area contributed by atoms with Crippen molar-refractivity contribution in [2.45, 2.75) is 16.3 Å². The van der Waals surface area contributed by atoms with Crippen LogP contribution >= 0.6 is 22.6 Å². The summed E-state index contributed by atoms with van der Waals surface area (Å²) < 4.78 is 0.865. The van der Waals surface area contributed by atoms with E-state index in [2.05, 4.69) is 22.6 Å². The van der Waals surface area contributed by atoms with Crippen molar-refractivity contribution in [1.29, 1.82) is 0 Å². The van der Waals surface area contributed by atoms with E-state index < -0.39 is 0 Å². The number of hydrogen-bond donors (Lipinski definition) is 0. The van der Waals surface area contributed by atoms with Gasteiger partial charge in [-0.1, -0.05) is 22.6 Å². The molecular formula is C14H15I. The van der Waals surface area contributed by atoms with Gasteiger partial charge in [-0.05, 0) is 77.9 Å². The van der Waals surface area contributed by atoms with Crippen molar-refractivity contribution in [3.8, 4) is 0 Å². The zero-order valence-corrected chi connectivity index (χ0v) is 10.8. The predicted octanol–water partition coefficient (Wildman–Crippen LogP) is 2.81. The molecule has 0 saturated heterocycles. The van der Waals surface area contributed by atoms with Gasteiger partial charge in [-0.15, -0.1) is 0 Å². The van der Waals surface area contributed by atoms with Crippen LogP contribution in [0.3, 0.4) is 0 Å². The first-order valence-electron chi connectivity index (χ1n) is 7.02. The minimum absolute atomic E-state index is 0.865. The van der Waals surface area contributed by atoms with Crippen molar-refractivity contribution in [1.82, 2.24) is 0 Å². The number of hydrogen-bond acceptors (Lipinski definition) is 0. The van der Waals surface area contributed by atoms with Crippen LogP contribution < -0.4 is 0 Å². The fourth-order valence-electron chi connectivity index (χ4n) is 9.46. The summed E-state index contributed by atoms with van der Waals surface area (Å²) in [5, 5.41) is 0. The van der Waals surface area contributed by atoms with Gasteiger partial charge in [0, 0.05) is 3.42 Å². The normalized spacial score (nSPS) is 95.4. The summed E-state index contributed by atoms with van der Waals surface area (Å²) in [6.45, 7) is 0. The van der Waals surface area contributed by atoms with Gasteiger partial charge in [-0.3, -0.25) is 0 Å². The highest BCUT2D eigenvalue weighted by molar-refractivity contribution is 14.1. The first kappa shape index (κ1) is 7.23. The lowest BCUT2D eigenvalue weighted by molar-refractivity contribution is 0.220. The largest absolute Gasteiger partial charge is 0.0779 e. The van der Waals surface area contributed by atoms with Crippen LogP contribution in [-0.4, -0.2) is 3.42 Å². The van der Waals surface area contributed by atoms with Crippen LogP contribution in [0.1, 0.15) is 12.8 Å². The van der Waals surface area contributed by atoms with E-state index in [1.54, 1.807) is 12.8 Å². The third-order valence-electron chi connectivity index (χ3n) is 8.63. The van der Waals surface area contributed by atoms with Crippen LogP contribution in [0, 0.1) is 65.1 Å². The standard InChI is InChI=1S/C14H15I/c15-14-6-2-5-8-7-3-1-4(10(7)13(5)14)12(14)9(3)11(6)8/h3-13H,1-2H2/t3-,4-,5-,6+,7+,8+,9-,10+,11+,12-,13-,14-/m0/s1. The Balaban J connectivity index is 1.76. The molecule has 0 aromatic rings. The van der Waals surface area contributed by atoms with Crippen molar-refractivity contribution in [3.63, 3.8) is 0 Å². The van der Waals surface area contributed by atoms with Gasteiger partial charge in [0.25, 0.3) is 0 Å². The quantitative estimate of drug-likeness (QED) is 0.477. The molecule has 4 bridgehead atoms. The minimum atomic E-state index is 0.865. The molecule has 8 fully saturated rings. The van der Waals surface area contributed by atoms with Gasteiger partial charge >= 0.3 is 0 Å². The van der Waals surface area contributed by atoms with Crippen LogP contribution in [-0.2, 0) is 0 Å². The van der Waals surface area contributed by atoms with Crippen LogP contribution in [0.2, 0.25) is 0 Å². The van der Waals surface area contributed by atoms with Gasteiger partial charge < -0.3 is 0 Å². The van der Waals surface area contributed by atoms with Crippen molar-refractivity contribution >= 4 is 22.6 Å². The Labute approximate surface area is 104 Å². The topological polar surface area (TPSA) is 0 Å². The maximum absolute atomic E-state index is 3.00. The fraction of sp³-hybridized carbons (Fsp3) is 1.00. The van der Waals surface area contributed by atoms with Gasteiger partial charge in [0.05, 0.1) is 0 Å². The Hall–Kier alpha value is 0.730. The number of alkyl halides is 1. The highest BCUT2D eigenvalue weighted by Crippen LogP contribution is 2.95. The first-order valence-corrected chi connectivity index (χ1v) is 8.10. The van der Waals surface area contributed by atoms with Crippen molar-refractivity contribution in [2.75, 3.05) is 0 Å². The molecule has 1 heteroatoms. The zero-order valence-electron chi connectivity index (χ0n) is 8.64. The average Bonchev–Trinajstić information content (AvgIpc) is 2.80. The molecule has 0 radical (unpaired) electrons. The highest BCUT2D eigenvalue weighted by Gasteiger charge is 2.92. The Bertz CT molecular complexity index is 431. The monoisotopic (exact) mass is 310 g/mol. The second-order valence-electron chi connectivity index (χ2n) is 7.84. The van der Waals surface area contributed by atoms with Crippen molar-refractivity contribution in [2.24, 2.45) is 65.1 Å². The van der Waals surface area contributed by atoms with E-state index >= 15 is 0 Å². The molecule has 0 amide bonds. The number of halogens is 1. The molecular weight excluding hydrogens is 295 g/mol. The maximum Gasteiger partial charge on any atom is 0.0320 e. The van der Waals surface area contributed by atoms with E-state index in [9.17, 15) is 0 Å². The van der Waals surface area contributed by atoms with E-state index in [1.165, 1.54) is 65.1 Å². The molecule has 0 spiro atoms. The van der Waals surface area contributed by atoms with Crippen LogP contribution in [0.25, 0.3) is 0 Å². The molecule has 0 heterocycles. The summed E-state index contributed by atoms with van der Waals surface area (Å²) >= 11 is 3.00. The zero-order chi connectivity index (χ0) is 9.27. The van der Waals surface area contributed by atoms with Gasteiger partial charge in [0.2, 0.25) is 0 Å². The number of rotatable bonds is 0. The Morgan fingerprint density at radius 3 is 2.27 bits per heavy atom. The van der Waals surface area contributed by atoms with E-state index in [0.29, 0.717) is 0 Å². The molecule has 8 rings (SSSR count). The molecule has 0 aliphatic heterocycles. The lowest BCUT2D eigenvalue weighted by Crippen LogP contribution is -2.35. The second-order valence-corrected chi connectivity index (χ2v) is 9.70. The van der Waals surface area contributed by atoms with Crippen LogP contribution in [0.5, 0.6) is 0 Å².